The topological polar surface area (TPSA) is 153 Å². The average Bonchev–Trinajstić information content (AvgIpc) is 3.16. The summed E-state index contributed by atoms with van der Waals surface area (Å²) in [6.07, 6.45) is 9.86. The second kappa shape index (κ2) is 15.3. The van der Waals surface area contributed by atoms with Crippen molar-refractivity contribution in [1.29, 1.82) is 0 Å². The van der Waals surface area contributed by atoms with Crippen molar-refractivity contribution in [2.45, 2.75) is 30.8 Å². The lowest BCUT2D eigenvalue weighted by atomic mass is 9.92. The lowest BCUT2D eigenvalue weighted by Gasteiger charge is -2.26. The third-order valence-corrected chi connectivity index (χ3v) is 10.7. The largest absolute Gasteiger partial charge is 0.404 e. The Morgan fingerprint density at radius 1 is 1.08 bits per heavy atom. The highest BCUT2D eigenvalue weighted by Gasteiger charge is 2.30. The first-order valence-corrected chi connectivity index (χ1v) is 18.1. The summed E-state index contributed by atoms with van der Waals surface area (Å²) >= 11 is 0. The van der Waals surface area contributed by atoms with Crippen molar-refractivity contribution in [2.24, 2.45) is 5.92 Å². The number of morpholine rings is 1. The molecule has 2 aromatic carbocycles. The van der Waals surface area contributed by atoms with E-state index in [0.29, 0.717) is 11.3 Å². The fourth-order valence-electron chi connectivity index (χ4n) is 6.17. The first-order chi connectivity index (χ1) is 24.8. The van der Waals surface area contributed by atoms with Crippen molar-refractivity contribution < 1.29 is 22.3 Å². The van der Waals surface area contributed by atoms with Crippen molar-refractivity contribution >= 4 is 32.7 Å². The molecule has 0 amide bonds. The number of halogens is 1. The Labute approximate surface area is 293 Å². The minimum atomic E-state index is -4.05. The van der Waals surface area contributed by atoms with E-state index in [2.05, 4.69) is 49.7 Å². The zero-order valence-electron chi connectivity index (χ0n) is 27.6. The maximum absolute atomic E-state index is 14.1. The molecule has 0 saturated carbocycles. The molecular formula is C36H35FN8O5S. The summed E-state index contributed by atoms with van der Waals surface area (Å²) in [6, 6.07) is 15.4. The Morgan fingerprint density at radius 3 is 2.69 bits per heavy atom. The molecule has 3 aromatic heterocycles. The van der Waals surface area contributed by atoms with Gasteiger partial charge in [0.25, 0.3) is 15.6 Å². The number of sulfonamides is 1. The summed E-state index contributed by atoms with van der Waals surface area (Å²) in [5.74, 6) is 2.81. The van der Waals surface area contributed by atoms with Crippen molar-refractivity contribution in [3.8, 4) is 17.8 Å². The highest BCUT2D eigenvalue weighted by atomic mass is 32.2. The van der Waals surface area contributed by atoms with Gasteiger partial charge >= 0.3 is 0 Å². The maximum Gasteiger partial charge on any atom is 0.268 e. The molecule has 7 rings (SSSR count). The van der Waals surface area contributed by atoms with Gasteiger partial charge in [-0.2, -0.15) is 9.29 Å². The number of anilines is 2. The molecule has 0 radical (unpaired) electrons. The lowest BCUT2D eigenvalue weighted by molar-refractivity contribution is 0.0729. The van der Waals surface area contributed by atoms with Gasteiger partial charge in [-0.1, -0.05) is 24.3 Å². The van der Waals surface area contributed by atoms with Gasteiger partial charge in [0.05, 0.1) is 25.3 Å². The number of nitrogens with zero attached hydrogens (tertiary/aromatic N) is 6. The normalized spacial score (nSPS) is 16.7. The Balaban J connectivity index is 1.24. The van der Waals surface area contributed by atoms with Gasteiger partial charge in [-0.3, -0.25) is 9.36 Å². The number of para-hydroxylation sites is 1. The highest BCUT2D eigenvalue weighted by molar-refractivity contribution is 7.89. The summed E-state index contributed by atoms with van der Waals surface area (Å²) in [4.78, 5) is 31.4. The van der Waals surface area contributed by atoms with Gasteiger partial charge < -0.3 is 20.1 Å². The van der Waals surface area contributed by atoms with Crippen LogP contribution in [0.3, 0.4) is 0 Å². The van der Waals surface area contributed by atoms with E-state index in [9.17, 15) is 17.6 Å². The molecule has 5 heterocycles. The van der Waals surface area contributed by atoms with E-state index in [1.165, 1.54) is 57.7 Å². The second-order valence-electron chi connectivity index (χ2n) is 12.3. The van der Waals surface area contributed by atoms with E-state index in [4.69, 9.17) is 14.5 Å². The zero-order valence-corrected chi connectivity index (χ0v) is 28.4. The predicted molar refractivity (Wildman–Crippen MR) is 187 cm³/mol. The van der Waals surface area contributed by atoms with Crippen LogP contribution in [0.1, 0.15) is 29.5 Å². The molecule has 0 spiro atoms. The van der Waals surface area contributed by atoms with E-state index >= 15 is 0 Å². The molecule has 2 aliphatic rings. The first-order valence-electron chi connectivity index (χ1n) is 16.6. The van der Waals surface area contributed by atoms with Crippen LogP contribution in [0.4, 0.5) is 16.0 Å². The summed E-state index contributed by atoms with van der Waals surface area (Å²) in [5, 5.41) is 6.90. The molecule has 0 aliphatic carbocycles. The fourth-order valence-corrected chi connectivity index (χ4v) is 7.67. The number of hydrogen-bond acceptors (Lipinski definition) is 11. The summed E-state index contributed by atoms with van der Waals surface area (Å²) in [7, 11) is -4.05. The molecule has 1 atom stereocenters. The number of piperidine rings is 1. The van der Waals surface area contributed by atoms with Gasteiger partial charge in [0.15, 0.2) is 16.6 Å². The Hall–Kier alpha value is -5.27. The van der Waals surface area contributed by atoms with E-state index in [0.717, 1.165) is 31.5 Å². The number of aromatic nitrogens is 5. The number of pyridine rings is 1. The molecule has 2 fully saturated rings. The third-order valence-electron chi connectivity index (χ3n) is 8.77. The van der Waals surface area contributed by atoms with Crippen molar-refractivity contribution in [1.82, 2.24) is 34.1 Å². The molecule has 2 aliphatic heterocycles. The summed E-state index contributed by atoms with van der Waals surface area (Å²) in [6.45, 7) is 2.70. The van der Waals surface area contributed by atoms with Crippen LogP contribution in [0.2, 0.25) is 0 Å². The molecule has 5 aromatic rings. The Bertz CT molecular complexity index is 2260. The zero-order chi connectivity index (χ0) is 35.2. The van der Waals surface area contributed by atoms with E-state index in [1.54, 1.807) is 12.3 Å². The average molecular weight is 711 g/mol. The van der Waals surface area contributed by atoms with Crippen molar-refractivity contribution in [2.75, 3.05) is 44.7 Å². The minimum Gasteiger partial charge on any atom is -0.404 e. The van der Waals surface area contributed by atoms with E-state index in [1.807, 2.05) is 12.1 Å². The predicted octanol–water partition coefficient (Wildman–Crippen LogP) is 3.46. The monoisotopic (exact) mass is 710 g/mol. The molecule has 0 bridgehead atoms. The number of fused-ring (bicyclic) bond motifs is 1. The van der Waals surface area contributed by atoms with Crippen LogP contribution in [0.5, 0.6) is 5.75 Å². The molecule has 1 unspecified atom stereocenters. The molecule has 2 saturated heterocycles. The summed E-state index contributed by atoms with van der Waals surface area (Å²) < 4.78 is 54.7. The van der Waals surface area contributed by atoms with Gasteiger partial charge in [0.1, 0.15) is 18.1 Å². The van der Waals surface area contributed by atoms with Crippen LogP contribution in [0, 0.1) is 23.8 Å². The van der Waals surface area contributed by atoms with E-state index in [-0.39, 0.29) is 66.3 Å². The van der Waals surface area contributed by atoms with Gasteiger partial charge in [-0.05, 0) is 80.1 Å². The van der Waals surface area contributed by atoms with Crippen molar-refractivity contribution in [3.63, 3.8) is 0 Å². The maximum atomic E-state index is 14.1. The quantitative estimate of drug-likeness (QED) is 0.171. The Morgan fingerprint density at radius 2 is 1.90 bits per heavy atom. The second-order valence-corrected chi connectivity index (χ2v) is 14.1. The van der Waals surface area contributed by atoms with Crippen LogP contribution in [0.25, 0.3) is 11.0 Å². The van der Waals surface area contributed by atoms with Gasteiger partial charge in [-0.25, -0.2) is 27.8 Å². The molecule has 2 N–H and O–H groups in total. The van der Waals surface area contributed by atoms with Gasteiger partial charge in [0.2, 0.25) is 5.95 Å². The number of nitrogens with one attached hydrogen (secondary N) is 2. The summed E-state index contributed by atoms with van der Waals surface area (Å²) in [5.41, 5.74) is 1.81. The number of ether oxygens (including phenoxy) is 2. The van der Waals surface area contributed by atoms with Crippen LogP contribution in [-0.2, 0) is 27.7 Å². The first kappa shape index (κ1) is 34.2. The van der Waals surface area contributed by atoms with Crippen LogP contribution < -0.4 is 20.9 Å². The molecular weight excluding hydrogens is 676 g/mol. The molecule has 15 heteroatoms. The van der Waals surface area contributed by atoms with E-state index < -0.39 is 21.4 Å². The Kier molecular flexibility index (Phi) is 10.3. The SMILES string of the molecule is O=c1c(C#COc2ccccc2F)cc2cnc(Nc3ccc(CC4CCCNC4)cc3)nc2n1Cc1cncnc1S(=O)(=O)N1CCOCC1. The fraction of sp³-hybridized carbons (Fsp3) is 0.306. The molecule has 13 nitrogen and oxygen atoms in total. The standard InChI is InChI=1S/C36H35FN8O5S/c37-31-5-1-2-6-32(31)50-15-11-27-19-28-22-40-36(42-30-9-7-25(8-10-30)18-26-4-3-12-38-20-26)43-33(28)45(35(27)46)23-29-21-39-24-41-34(29)51(47,48)44-13-16-49-17-14-44/h1-2,5-10,19,21-22,24,26,38H,3-4,12-14,16-18,20,23H2,(H,40,42,43). The van der Waals surface area contributed by atoms with Crippen LogP contribution in [0.15, 0.2) is 83.1 Å². The smallest absolute Gasteiger partial charge is 0.268 e. The number of benzene rings is 2. The highest BCUT2D eigenvalue weighted by Crippen LogP contribution is 2.23. The van der Waals surface area contributed by atoms with Gasteiger partial charge in [-0.15, -0.1) is 0 Å². The number of hydrogen-bond donors (Lipinski definition) is 2. The molecule has 262 valence electrons. The lowest BCUT2D eigenvalue weighted by Crippen LogP contribution is -2.41. The van der Waals surface area contributed by atoms with Crippen molar-refractivity contribution in [3.05, 3.63) is 106 Å². The number of rotatable bonds is 9. The van der Waals surface area contributed by atoms with Crippen LogP contribution >= 0.6 is 0 Å². The van der Waals surface area contributed by atoms with Crippen LogP contribution in [-0.4, -0.2) is 76.6 Å². The van der Waals surface area contributed by atoms with Gasteiger partial charge in [0, 0.05) is 42.1 Å². The third kappa shape index (κ3) is 7.89. The molecule has 51 heavy (non-hydrogen) atoms. The minimum absolute atomic E-state index is 0.00124.